The molecule has 5 heteroatoms. The predicted molar refractivity (Wildman–Crippen MR) is 64.9 cm³/mol. The summed E-state index contributed by atoms with van der Waals surface area (Å²) in [6.07, 6.45) is -0.361. The number of aryl methyl sites for hydroxylation is 1. The van der Waals surface area contributed by atoms with Crippen LogP contribution in [-0.2, 0) is 10.3 Å². The van der Waals surface area contributed by atoms with E-state index in [0.717, 1.165) is 11.5 Å². The number of β-amino-alcohol motifs (C(OH)–C–C–N with tert-alkyl or cyclic N) is 1. The number of carbonyl (C=O) groups is 1. The van der Waals surface area contributed by atoms with Gasteiger partial charge in [0, 0.05) is 6.07 Å². The maximum Gasteiger partial charge on any atom is 0.230 e. The van der Waals surface area contributed by atoms with E-state index in [4.69, 9.17) is 0 Å². The molecule has 1 aromatic heterocycles. The lowest BCUT2D eigenvalue weighted by atomic mass is 10.1. The Morgan fingerprint density at radius 1 is 1.47 bits per heavy atom. The summed E-state index contributed by atoms with van der Waals surface area (Å²) in [6, 6.07) is 1.89. The number of aliphatic hydroxyl groups is 1. The standard InChI is InChI=1S/C12H19N3O2/c1-8-5-10(15(13-8)12(2,3)4)14-7-9(16)6-11(14)17/h5,9,16H,6-7H2,1-4H3. The van der Waals surface area contributed by atoms with Crippen LogP contribution in [0, 0.1) is 6.92 Å². The molecule has 1 fully saturated rings. The van der Waals surface area contributed by atoms with Gasteiger partial charge in [0.15, 0.2) is 0 Å². The van der Waals surface area contributed by atoms with E-state index in [-0.39, 0.29) is 17.9 Å². The Hall–Kier alpha value is -1.36. The van der Waals surface area contributed by atoms with Gasteiger partial charge < -0.3 is 5.11 Å². The van der Waals surface area contributed by atoms with E-state index in [0.29, 0.717) is 6.54 Å². The van der Waals surface area contributed by atoms with E-state index in [9.17, 15) is 9.90 Å². The zero-order valence-corrected chi connectivity index (χ0v) is 10.8. The fourth-order valence-corrected chi connectivity index (χ4v) is 2.08. The Balaban J connectivity index is 2.42. The molecule has 0 radical (unpaired) electrons. The SMILES string of the molecule is Cc1cc(N2CC(O)CC2=O)n(C(C)(C)C)n1. The summed E-state index contributed by atoms with van der Waals surface area (Å²) in [5.74, 6) is 0.736. The highest BCUT2D eigenvalue weighted by Gasteiger charge is 2.33. The normalized spacial score (nSPS) is 21.4. The van der Waals surface area contributed by atoms with Gasteiger partial charge in [-0.1, -0.05) is 0 Å². The number of nitrogens with zero attached hydrogens (tertiary/aromatic N) is 3. The van der Waals surface area contributed by atoms with Gasteiger partial charge in [0.25, 0.3) is 0 Å². The summed E-state index contributed by atoms with van der Waals surface area (Å²) < 4.78 is 1.85. The maximum absolute atomic E-state index is 11.8. The summed E-state index contributed by atoms with van der Waals surface area (Å²) in [5, 5.41) is 14.0. The molecule has 0 saturated carbocycles. The molecule has 1 unspecified atom stereocenters. The van der Waals surface area contributed by atoms with E-state index in [2.05, 4.69) is 5.10 Å². The molecule has 1 aliphatic heterocycles. The van der Waals surface area contributed by atoms with Crippen LogP contribution in [0.2, 0.25) is 0 Å². The van der Waals surface area contributed by atoms with Gasteiger partial charge in [0.1, 0.15) is 5.82 Å². The van der Waals surface area contributed by atoms with Crippen LogP contribution in [0.4, 0.5) is 5.82 Å². The van der Waals surface area contributed by atoms with Crippen molar-refractivity contribution in [2.45, 2.75) is 45.8 Å². The first kappa shape index (κ1) is 12.1. The molecule has 2 heterocycles. The van der Waals surface area contributed by atoms with Crippen molar-refractivity contribution >= 4 is 11.7 Å². The molecule has 1 atom stereocenters. The van der Waals surface area contributed by atoms with Gasteiger partial charge in [-0.15, -0.1) is 0 Å². The van der Waals surface area contributed by atoms with E-state index in [1.54, 1.807) is 4.90 Å². The second kappa shape index (κ2) is 3.84. The molecule has 0 aromatic carbocycles. The van der Waals surface area contributed by atoms with Crippen molar-refractivity contribution in [3.8, 4) is 0 Å². The van der Waals surface area contributed by atoms with E-state index >= 15 is 0 Å². The van der Waals surface area contributed by atoms with Gasteiger partial charge >= 0.3 is 0 Å². The van der Waals surface area contributed by atoms with Crippen LogP contribution < -0.4 is 4.90 Å². The minimum Gasteiger partial charge on any atom is -0.391 e. The molecule has 1 aliphatic rings. The fraction of sp³-hybridized carbons (Fsp3) is 0.667. The number of hydrogen-bond donors (Lipinski definition) is 1. The zero-order valence-electron chi connectivity index (χ0n) is 10.8. The third kappa shape index (κ3) is 2.20. The van der Waals surface area contributed by atoms with Crippen molar-refractivity contribution in [3.63, 3.8) is 0 Å². The lowest BCUT2D eigenvalue weighted by Gasteiger charge is -2.26. The Morgan fingerprint density at radius 3 is 2.59 bits per heavy atom. The molecule has 1 N–H and O–H groups in total. The molecule has 1 saturated heterocycles. The number of carbonyl (C=O) groups excluding carboxylic acids is 1. The topological polar surface area (TPSA) is 58.4 Å². The minimum absolute atomic E-state index is 0.0390. The largest absolute Gasteiger partial charge is 0.391 e. The average molecular weight is 237 g/mol. The fourth-order valence-electron chi connectivity index (χ4n) is 2.08. The van der Waals surface area contributed by atoms with Crippen LogP contribution in [0.3, 0.4) is 0 Å². The molecule has 0 bridgehead atoms. The molecule has 1 amide bonds. The van der Waals surface area contributed by atoms with Crippen LogP contribution >= 0.6 is 0 Å². The summed E-state index contributed by atoms with van der Waals surface area (Å²) in [6.45, 7) is 8.39. The number of amides is 1. The highest BCUT2D eigenvalue weighted by molar-refractivity contribution is 5.95. The number of aromatic nitrogens is 2. The predicted octanol–water partition coefficient (Wildman–Crippen LogP) is 1.04. The number of anilines is 1. The highest BCUT2D eigenvalue weighted by Crippen LogP contribution is 2.27. The summed E-state index contributed by atoms with van der Waals surface area (Å²) >= 11 is 0. The molecule has 0 aliphatic carbocycles. The van der Waals surface area contributed by atoms with Gasteiger partial charge in [-0.2, -0.15) is 5.10 Å². The van der Waals surface area contributed by atoms with E-state index in [1.807, 2.05) is 38.4 Å². The lowest BCUT2D eigenvalue weighted by Crippen LogP contribution is -2.33. The Labute approximate surface area is 101 Å². The van der Waals surface area contributed by atoms with Crippen molar-refractivity contribution in [2.75, 3.05) is 11.4 Å². The summed E-state index contributed by atoms with van der Waals surface area (Å²) in [5.41, 5.74) is 0.696. The Morgan fingerprint density at radius 2 is 2.12 bits per heavy atom. The molecular formula is C12H19N3O2. The van der Waals surface area contributed by atoms with Crippen LogP contribution in [0.5, 0.6) is 0 Å². The van der Waals surface area contributed by atoms with Gasteiger partial charge in [-0.25, -0.2) is 4.68 Å². The van der Waals surface area contributed by atoms with Crippen molar-refractivity contribution in [1.82, 2.24) is 9.78 Å². The van der Waals surface area contributed by atoms with Crippen molar-refractivity contribution in [1.29, 1.82) is 0 Å². The van der Waals surface area contributed by atoms with Gasteiger partial charge in [-0.3, -0.25) is 9.69 Å². The van der Waals surface area contributed by atoms with Crippen LogP contribution in [0.15, 0.2) is 6.07 Å². The van der Waals surface area contributed by atoms with E-state index < -0.39 is 6.10 Å². The van der Waals surface area contributed by atoms with Gasteiger partial charge in [0.05, 0.1) is 30.3 Å². The third-order valence-corrected chi connectivity index (χ3v) is 2.83. The first-order valence-electron chi connectivity index (χ1n) is 5.84. The first-order chi connectivity index (χ1) is 7.79. The van der Waals surface area contributed by atoms with Gasteiger partial charge in [-0.05, 0) is 27.7 Å². The van der Waals surface area contributed by atoms with Gasteiger partial charge in [0.2, 0.25) is 5.91 Å². The molecular weight excluding hydrogens is 218 g/mol. The zero-order chi connectivity index (χ0) is 12.8. The van der Waals surface area contributed by atoms with Crippen LogP contribution in [0.1, 0.15) is 32.9 Å². The minimum atomic E-state index is -0.564. The Kier molecular flexibility index (Phi) is 2.73. The molecule has 0 spiro atoms. The second-order valence-corrected chi connectivity index (χ2v) is 5.59. The highest BCUT2D eigenvalue weighted by atomic mass is 16.3. The van der Waals surface area contributed by atoms with Crippen molar-refractivity contribution in [3.05, 3.63) is 11.8 Å². The molecule has 94 valence electrons. The lowest BCUT2D eigenvalue weighted by molar-refractivity contribution is -0.117. The molecule has 2 rings (SSSR count). The maximum atomic E-state index is 11.8. The Bertz CT molecular complexity index is 445. The molecule has 17 heavy (non-hydrogen) atoms. The second-order valence-electron chi connectivity index (χ2n) is 5.59. The molecule has 1 aromatic rings. The van der Waals surface area contributed by atoms with E-state index in [1.165, 1.54) is 0 Å². The monoisotopic (exact) mass is 237 g/mol. The van der Waals surface area contributed by atoms with Crippen molar-refractivity contribution < 1.29 is 9.90 Å². The summed E-state index contributed by atoms with van der Waals surface area (Å²) in [4.78, 5) is 13.4. The first-order valence-corrected chi connectivity index (χ1v) is 5.84. The average Bonchev–Trinajstić information content (AvgIpc) is 2.68. The number of aliphatic hydroxyl groups excluding tert-OH is 1. The number of rotatable bonds is 1. The summed E-state index contributed by atoms with van der Waals surface area (Å²) in [7, 11) is 0. The smallest absolute Gasteiger partial charge is 0.230 e. The van der Waals surface area contributed by atoms with Crippen molar-refractivity contribution in [2.24, 2.45) is 0 Å². The van der Waals surface area contributed by atoms with Crippen LogP contribution in [0.25, 0.3) is 0 Å². The number of hydrogen-bond acceptors (Lipinski definition) is 3. The van der Waals surface area contributed by atoms with Crippen LogP contribution in [-0.4, -0.2) is 33.4 Å². The molecule has 5 nitrogen and oxygen atoms in total. The third-order valence-electron chi connectivity index (χ3n) is 2.83. The quantitative estimate of drug-likeness (QED) is 0.794.